The zero-order chi connectivity index (χ0) is 15.2. The van der Waals surface area contributed by atoms with Crippen molar-refractivity contribution in [1.29, 1.82) is 0 Å². The highest BCUT2D eigenvalue weighted by molar-refractivity contribution is 6.33. The number of benzene rings is 2. The average Bonchev–Trinajstić information content (AvgIpc) is 2.44. The molecule has 0 fully saturated rings. The molecule has 2 nitrogen and oxygen atoms in total. The van der Waals surface area contributed by atoms with E-state index < -0.39 is 11.6 Å². The van der Waals surface area contributed by atoms with Gasteiger partial charge in [0.15, 0.2) is 5.82 Å². The minimum atomic E-state index is -0.710. The van der Waals surface area contributed by atoms with E-state index in [9.17, 15) is 8.78 Å². The van der Waals surface area contributed by atoms with Crippen LogP contribution in [0.5, 0.6) is 5.75 Å². The monoisotopic (exact) mass is 311 g/mol. The molecule has 0 amide bonds. The van der Waals surface area contributed by atoms with Crippen LogP contribution in [0.4, 0.5) is 14.5 Å². The van der Waals surface area contributed by atoms with E-state index in [1.54, 1.807) is 0 Å². The number of ether oxygens (including phenoxy) is 1. The summed E-state index contributed by atoms with van der Waals surface area (Å²) in [5, 5.41) is 2.90. The van der Waals surface area contributed by atoms with Crippen molar-refractivity contribution in [2.24, 2.45) is 0 Å². The lowest BCUT2D eigenvalue weighted by Crippen LogP contribution is -2.03. The van der Waals surface area contributed by atoms with Gasteiger partial charge in [0.05, 0.1) is 17.3 Å². The van der Waals surface area contributed by atoms with Gasteiger partial charge >= 0.3 is 0 Å². The van der Waals surface area contributed by atoms with Crippen LogP contribution in [0.25, 0.3) is 0 Å². The fraction of sp³-hybridized carbons (Fsp3) is 0.250. The molecule has 0 unspecified atom stereocenters. The molecule has 0 aromatic heterocycles. The van der Waals surface area contributed by atoms with Crippen molar-refractivity contribution in [3.8, 4) is 5.75 Å². The summed E-state index contributed by atoms with van der Waals surface area (Å²) in [6.07, 6.45) is 0.929. The minimum Gasteiger partial charge on any atom is -0.494 e. The Kier molecular flexibility index (Phi) is 5.39. The average molecular weight is 312 g/mol. The summed E-state index contributed by atoms with van der Waals surface area (Å²) in [6.45, 7) is 3.05. The number of halogens is 3. The van der Waals surface area contributed by atoms with Crippen molar-refractivity contribution in [1.82, 2.24) is 0 Å². The summed E-state index contributed by atoms with van der Waals surface area (Å²) in [6, 6.07) is 9.37. The molecule has 0 bridgehead atoms. The SMILES string of the molecule is CCCOc1cccc(CNc2c(F)cc(F)cc2Cl)c1. The lowest BCUT2D eigenvalue weighted by molar-refractivity contribution is 0.317. The fourth-order valence-electron chi connectivity index (χ4n) is 1.87. The fourth-order valence-corrected chi connectivity index (χ4v) is 2.13. The topological polar surface area (TPSA) is 21.3 Å². The Morgan fingerprint density at radius 2 is 2.00 bits per heavy atom. The van der Waals surface area contributed by atoms with Gasteiger partial charge in [-0.1, -0.05) is 30.7 Å². The second-order valence-corrected chi connectivity index (χ2v) is 5.00. The lowest BCUT2D eigenvalue weighted by Gasteiger charge is -2.11. The zero-order valence-electron chi connectivity index (χ0n) is 11.6. The first-order valence-electron chi connectivity index (χ1n) is 6.70. The molecule has 2 aromatic carbocycles. The molecule has 0 heterocycles. The molecular formula is C16H16ClF2NO. The van der Waals surface area contributed by atoms with E-state index >= 15 is 0 Å². The van der Waals surface area contributed by atoms with Gasteiger partial charge in [-0.3, -0.25) is 0 Å². The molecule has 0 saturated carbocycles. The van der Waals surface area contributed by atoms with Crippen LogP contribution in [-0.2, 0) is 6.54 Å². The van der Waals surface area contributed by atoms with E-state index in [-0.39, 0.29) is 10.7 Å². The van der Waals surface area contributed by atoms with Gasteiger partial charge in [-0.25, -0.2) is 8.78 Å². The summed E-state index contributed by atoms with van der Waals surface area (Å²) in [5.41, 5.74) is 1.02. The number of hydrogen-bond acceptors (Lipinski definition) is 2. The van der Waals surface area contributed by atoms with Crippen molar-refractivity contribution in [3.05, 3.63) is 58.6 Å². The molecule has 0 radical (unpaired) electrons. The van der Waals surface area contributed by atoms with Gasteiger partial charge in [0.1, 0.15) is 11.6 Å². The summed E-state index contributed by atoms with van der Waals surface area (Å²) in [7, 11) is 0. The summed E-state index contributed by atoms with van der Waals surface area (Å²) in [4.78, 5) is 0. The van der Waals surface area contributed by atoms with Gasteiger partial charge in [0, 0.05) is 12.6 Å². The number of rotatable bonds is 6. The molecule has 0 aliphatic carbocycles. The van der Waals surface area contributed by atoms with E-state index in [2.05, 4.69) is 5.32 Å². The maximum atomic E-state index is 13.6. The van der Waals surface area contributed by atoms with Crippen molar-refractivity contribution in [2.75, 3.05) is 11.9 Å². The first-order valence-corrected chi connectivity index (χ1v) is 7.08. The van der Waals surface area contributed by atoms with Gasteiger partial charge in [-0.2, -0.15) is 0 Å². The van der Waals surface area contributed by atoms with Crippen LogP contribution in [0.2, 0.25) is 5.02 Å². The molecule has 2 aromatic rings. The predicted octanol–water partition coefficient (Wildman–Crippen LogP) is 5.02. The van der Waals surface area contributed by atoms with Crippen LogP contribution >= 0.6 is 11.6 Å². The number of hydrogen-bond donors (Lipinski definition) is 1. The molecule has 0 atom stereocenters. The smallest absolute Gasteiger partial charge is 0.150 e. The predicted molar refractivity (Wildman–Crippen MR) is 80.9 cm³/mol. The third-order valence-corrected chi connectivity index (χ3v) is 3.15. The molecular weight excluding hydrogens is 296 g/mol. The van der Waals surface area contributed by atoms with Crippen LogP contribution < -0.4 is 10.1 Å². The first-order chi connectivity index (χ1) is 10.1. The van der Waals surface area contributed by atoms with Gasteiger partial charge in [-0.05, 0) is 30.2 Å². The van der Waals surface area contributed by atoms with Crippen molar-refractivity contribution >= 4 is 17.3 Å². The quantitative estimate of drug-likeness (QED) is 0.809. The van der Waals surface area contributed by atoms with E-state index in [4.69, 9.17) is 16.3 Å². The number of nitrogens with one attached hydrogen (secondary N) is 1. The molecule has 0 saturated heterocycles. The third-order valence-electron chi connectivity index (χ3n) is 2.85. The summed E-state index contributed by atoms with van der Waals surface area (Å²) >= 11 is 5.83. The summed E-state index contributed by atoms with van der Waals surface area (Å²) in [5.74, 6) is -0.641. The third kappa shape index (κ3) is 4.33. The van der Waals surface area contributed by atoms with Crippen LogP contribution in [-0.4, -0.2) is 6.61 Å². The zero-order valence-corrected chi connectivity index (χ0v) is 12.4. The first kappa shape index (κ1) is 15.6. The molecule has 0 spiro atoms. The van der Waals surface area contributed by atoms with Crippen LogP contribution in [0.3, 0.4) is 0 Å². The highest BCUT2D eigenvalue weighted by atomic mass is 35.5. The Bertz CT molecular complexity index is 596. The van der Waals surface area contributed by atoms with Gasteiger partial charge < -0.3 is 10.1 Å². The molecule has 2 rings (SSSR count). The Balaban J connectivity index is 2.06. The van der Waals surface area contributed by atoms with Crippen LogP contribution in [0, 0.1) is 11.6 Å². The van der Waals surface area contributed by atoms with E-state index in [1.165, 1.54) is 0 Å². The Labute approximate surface area is 127 Å². The van der Waals surface area contributed by atoms with E-state index in [1.807, 2.05) is 31.2 Å². The normalized spacial score (nSPS) is 10.5. The van der Waals surface area contributed by atoms with Gasteiger partial charge in [0.2, 0.25) is 0 Å². The molecule has 0 aliphatic heterocycles. The van der Waals surface area contributed by atoms with Crippen LogP contribution in [0.1, 0.15) is 18.9 Å². The Morgan fingerprint density at radius 3 is 2.71 bits per heavy atom. The molecule has 5 heteroatoms. The van der Waals surface area contributed by atoms with Crippen molar-refractivity contribution < 1.29 is 13.5 Å². The maximum Gasteiger partial charge on any atom is 0.150 e. The lowest BCUT2D eigenvalue weighted by atomic mass is 10.2. The largest absolute Gasteiger partial charge is 0.494 e. The second-order valence-electron chi connectivity index (χ2n) is 4.59. The number of anilines is 1. The Morgan fingerprint density at radius 1 is 1.19 bits per heavy atom. The van der Waals surface area contributed by atoms with Gasteiger partial charge in [-0.15, -0.1) is 0 Å². The molecule has 21 heavy (non-hydrogen) atoms. The van der Waals surface area contributed by atoms with Crippen molar-refractivity contribution in [3.63, 3.8) is 0 Å². The van der Waals surface area contributed by atoms with Crippen molar-refractivity contribution in [2.45, 2.75) is 19.9 Å². The minimum absolute atomic E-state index is 0.0193. The van der Waals surface area contributed by atoms with E-state index in [0.29, 0.717) is 13.2 Å². The second kappa shape index (κ2) is 7.27. The highest BCUT2D eigenvalue weighted by Crippen LogP contribution is 2.27. The van der Waals surface area contributed by atoms with Gasteiger partial charge in [0.25, 0.3) is 0 Å². The van der Waals surface area contributed by atoms with E-state index in [0.717, 1.165) is 29.9 Å². The highest BCUT2D eigenvalue weighted by Gasteiger charge is 2.09. The molecule has 112 valence electrons. The molecule has 0 aliphatic rings. The standard InChI is InChI=1S/C16H16ClF2NO/c1-2-6-21-13-5-3-4-11(7-13)10-20-16-14(17)8-12(18)9-15(16)19/h3-5,7-9,20H,2,6,10H2,1H3. The Hall–Kier alpha value is -1.81. The summed E-state index contributed by atoms with van der Waals surface area (Å²) < 4.78 is 32.2. The molecule has 1 N–H and O–H groups in total. The maximum absolute atomic E-state index is 13.6. The van der Waals surface area contributed by atoms with Crippen LogP contribution in [0.15, 0.2) is 36.4 Å².